The number of allylic oxidation sites excluding steroid dienone is 2. The largest absolute Gasteiger partial charge is 0.299 e. The average molecular weight is 178 g/mol. The summed E-state index contributed by atoms with van der Waals surface area (Å²) in [4.78, 5) is 11.9. The van der Waals surface area contributed by atoms with Crippen LogP contribution < -0.4 is 0 Å². The lowest BCUT2D eigenvalue weighted by Gasteiger charge is -2.36. The molecule has 1 saturated carbocycles. The molecule has 2 rings (SSSR count). The van der Waals surface area contributed by atoms with Gasteiger partial charge >= 0.3 is 0 Å². The van der Waals surface area contributed by atoms with Crippen molar-refractivity contribution in [3.8, 4) is 0 Å². The molecule has 0 aromatic heterocycles. The standard InChI is InChI=1S/C12H18O/c1-3-9(2)12-7-6-10(8-12)4-5-11(12)13/h6-7,9-10H,3-5,8H2,1-2H3. The molecule has 0 heterocycles. The maximum absolute atomic E-state index is 11.9. The minimum absolute atomic E-state index is 0.0579. The van der Waals surface area contributed by atoms with E-state index in [1.54, 1.807) is 0 Å². The quantitative estimate of drug-likeness (QED) is 0.594. The van der Waals surface area contributed by atoms with Crippen LogP contribution in [0.3, 0.4) is 0 Å². The Labute approximate surface area is 80.2 Å². The zero-order chi connectivity index (χ0) is 9.47. The van der Waals surface area contributed by atoms with Crippen molar-refractivity contribution in [2.45, 2.75) is 39.5 Å². The van der Waals surface area contributed by atoms with Gasteiger partial charge in [0.2, 0.25) is 0 Å². The van der Waals surface area contributed by atoms with Crippen LogP contribution in [0, 0.1) is 17.3 Å². The van der Waals surface area contributed by atoms with Crippen molar-refractivity contribution in [2.75, 3.05) is 0 Å². The predicted molar refractivity (Wildman–Crippen MR) is 53.4 cm³/mol. The van der Waals surface area contributed by atoms with E-state index in [-0.39, 0.29) is 5.41 Å². The Bertz CT molecular complexity index is 254. The second-order valence-electron chi connectivity index (χ2n) is 4.63. The summed E-state index contributed by atoms with van der Waals surface area (Å²) >= 11 is 0. The average Bonchev–Trinajstić information content (AvgIpc) is 2.52. The molecule has 0 spiro atoms. The first-order valence-electron chi connectivity index (χ1n) is 5.41. The van der Waals surface area contributed by atoms with Crippen LogP contribution in [0.2, 0.25) is 0 Å². The topological polar surface area (TPSA) is 17.1 Å². The summed E-state index contributed by atoms with van der Waals surface area (Å²) in [7, 11) is 0. The van der Waals surface area contributed by atoms with E-state index in [0.717, 1.165) is 25.7 Å². The molecule has 0 aliphatic heterocycles. The Hall–Kier alpha value is -0.590. The van der Waals surface area contributed by atoms with Gasteiger partial charge in [0.25, 0.3) is 0 Å². The summed E-state index contributed by atoms with van der Waals surface area (Å²) < 4.78 is 0. The molecule has 0 radical (unpaired) electrons. The van der Waals surface area contributed by atoms with Gasteiger partial charge in [-0.3, -0.25) is 4.79 Å². The highest BCUT2D eigenvalue weighted by Crippen LogP contribution is 2.49. The Morgan fingerprint density at radius 1 is 1.69 bits per heavy atom. The molecule has 3 unspecified atom stereocenters. The minimum atomic E-state index is -0.0579. The fourth-order valence-electron chi connectivity index (χ4n) is 2.84. The van der Waals surface area contributed by atoms with Crippen molar-refractivity contribution in [3.05, 3.63) is 12.2 Å². The molecule has 0 aromatic rings. The summed E-state index contributed by atoms with van der Waals surface area (Å²) in [6, 6.07) is 0. The molecule has 2 bridgehead atoms. The summed E-state index contributed by atoms with van der Waals surface area (Å²) in [6.07, 6.45) is 8.59. The fraction of sp³-hybridized carbons (Fsp3) is 0.750. The molecule has 1 heteroatoms. The molecule has 1 fully saturated rings. The third-order valence-electron chi connectivity index (χ3n) is 4.02. The highest BCUT2D eigenvalue weighted by Gasteiger charge is 2.47. The van der Waals surface area contributed by atoms with Gasteiger partial charge in [-0.2, -0.15) is 0 Å². The zero-order valence-corrected chi connectivity index (χ0v) is 8.55. The first-order chi connectivity index (χ1) is 6.19. The maximum atomic E-state index is 11.9. The van der Waals surface area contributed by atoms with Crippen molar-refractivity contribution >= 4 is 5.78 Å². The van der Waals surface area contributed by atoms with Crippen LogP contribution >= 0.6 is 0 Å². The van der Waals surface area contributed by atoms with Crippen molar-refractivity contribution in [2.24, 2.45) is 17.3 Å². The van der Waals surface area contributed by atoms with Crippen LogP contribution in [0.4, 0.5) is 0 Å². The van der Waals surface area contributed by atoms with Gasteiger partial charge in [0.1, 0.15) is 5.78 Å². The van der Waals surface area contributed by atoms with Crippen molar-refractivity contribution in [1.29, 1.82) is 0 Å². The molecule has 0 amide bonds. The fourth-order valence-corrected chi connectivity index (χ4v) is 2.84. The number of Topliss-reactive ketones (excluding diaryl/α,β-unsaturated/α-hetero) is 1. The molecule has 3 atom stereocenters. The number of carbonyl (C=O) groups excluding carboxylic acids is 1. The number of fused-ring (bicyclic) bond motifs is 2. The van der Waals surface area contributed by atoms with Crippen LogP contribution in [-0.2, 0) is 4.79 Å². The summed E-state index contributed by atoms with van der Waals surface area (Å²) in [5, 5.41) is 0. The maximum Gasteiger partial charge on any atom is 0.143 e. The Kier molecular flexibility index (Phi) is 2.05. The lowest BCUT2D eigenvalue weighted by Crippen LogP contribution is -2.37. The monoisotopic (exact) mass is 178 g/mol. The summed E-state index contributed by atoms with van der Waals surface area (Å²) in [5.41, 5.74) is -0.0579. The predicted octanol–water partition coefficient (Wildman–Crippen LogP) is 2.96. The molecular weight excluding hydrogens is 160 g/mol. The van der Waals surface area contributed by atoms with Crippen LogP contribution in [0.25, 0.3) is 0 Å². The number of rotatable bonds is 2. The van der Waals surface area contributed by atoms with Gasteiger partial charge in [-0.15, -0.1) is 0 Å². The van der Waals surface area contributed by atoms with Crippen LogP contribution in [0.1, 0.15) is 39.5 Å². The molecule has 1 nitrogen and oxygen atoms in total. The number of hydrogen-bond acceptors (Lipinski definition) is 1. The Morgan fingerprint density at radius 2 is 2.46 bits per heavy atom. The molecule has 0 N–H and O–H groups in total. The van der Waals surface area contributed by atoms with Gasteiger partial charge in [-0.05, 0) is 24.7 Å². The Morgan fingerprint density at radius 3 is 3.15 bits per heavy atom. The van der Waals surface area contributed by atoms with E-state index in [9.17, 15) is 4.79 Å². The molecule has 2 aliphatic rings. The summed E-state index contributed by atoms with van der Waals surface area (Å²) in [6.45, 7) is 4.40. The van der Waals surface area contributed by atoms with Crippen LogP contribution in [0.15, 0.2) is 12.2 Å². The van der Waals surface area contributed by atoms with Crippen LogP contribution in [0.5, 0.6) is 0 Å². The van der Waals surface area contributed by atoms with Crippen molar-refractivity contribution in [1.82, 2.24) is 0 Å². The van der Waals surface area contributed by atoms with Crippen molar-refractivity contribution < 1.29 is 4.79 Å². The number of hydrogen-bond donors (Lipinski definition) is 0. The molecule has 72 valence electrons. The molecular formula is C12H18O. The number of ketones is 1. The van der Waals surface area contributed by atoms with Crippen LogP contribution in [-0.4, -0.2) is 5.78 Å². The van der Waals surface area contributed by atoms with Gasteiger partial charge in [0.05, 0.1) is 0 Å². The molecule has 0 saturated heterocycles. The lowest BCUT2D eigenvalue weighted by molar-refractivity contribution is -0.131. The molecule has 0 aromatic carbocycles. The normalized spacial score (nSPS) is 39.5. The SMILES string of the molecule is CCC(C)C12C=CC(CCC1=O)C2. The van der Waals surface area contributed by atoms with Gasteiger partial charge in [0, 0.05) is 11.8 Å². The van der Waals surface area contributed by atoms with E-state index < -0.39 is 0 Å². The second-order valence-corrected chi connectivity index (χ2v) is 4.63. The summed E-state index contributed by atoms with van der Waals surface area (Å²) in [5.74, 6) is 1.72. The lowest BCUT2D eigenvalue weighted by atomic mass is 9.66. The van der Waals surface area contributed by atoms with E-state index in [0.29, 0.717) is 17.6 Å². The highest BCUT2D eigenvalue weighted by atomic mass is 16.1. The molecule has 13 heavy (non-hydrogen) atoms. The van der Waals surface area contributed by atoms with Crippen molar-refractivity contribution in [3.63, 3.8) is 0 Å². The number of carbonyl (C=O) groups is 1. The van der Waals surface area contributed by atoms with Gasteiger partial charge in [0.15, 0.2) is 0 Å². The smallest absolute Gasteiger partial charge is 0.143 e. The molecule has 2 aliphatic carbocycles. The van der Waals surface area contributed by atoms with E-state index in [1.807, 2.05) is 0 Å². The van der Waals surface area contributed by atoms with Gasteiger partial charge in [-0.1, -0.05) is 32.4 Å². The Balaban J connectivity index is 2.29. The first-order valence-corrected chi connectivity index (χ1v) is 5.41. The highest BCUT2D eigenvalue weighted by molar-refractivity contribution is 5.88. The van der Waals surface area contributed by atoms with E-state index in [4.69, 9.17) is 0 Å². The van der Waals surface area contributed by atoms with E-state index >= 15 is 0 Å². The first kappa shape index (κ1) is 8.98. The third-order valence-corrected chi connectivity index (χ3v) is 4.02. The van der Waals surface area contributed by atoms with E-state index in [2.05, 4.69) is 26.0 Å². The van der Waals surface area contributed by atoms with Gasteiger partial charge in [-0.25, -0.2) is 0 Å². The third kappa shape index (κ3) is 1.17. The second kappa shape index (κ2) is 2.97. The van der Waals surface area contributed by atoms with E-state index in [1.165, 1.54) is 0 Å². The van der Waals surface area contributed by atoms with Gasteiger partial charge < -0.3 is 0 Å². The zero-order valence-electron chi connectivity index (χ0n) is 8.55. The minimum Gasteiger partial charge on any atom is -0.299 e.